The van der Waals surface area contributed by atoms with Crippen LogP contribution in [0.15, 0.2) is 12.4 Å². The van der Waals surface area contributed by atoms with Crippen LogP contribution in [0.5, 0.6) is 0 Å². The number of nitrogens with one attached hydrogen (secondary N) is 1. The number of hydrogen-bond acceptors (Lipinski definition) is 7. The molecule has 136 valence electrons. The molecule has 0 saturated carbocycles. The maximum Gasteiger partial charge on any atom is 0.323 e. The topological polar surface area (TPSA) is 134 Å². The van der Waals surface area contributed by atoms with Gasteiger partial charge in [0.2, 0.25) is 0 Å². The molecule has 0 radical (unpaired) electrons. The molecule has 0 amide bonds. The summed E-state index contributed by atoms with van der Waals surface area (Å²) < 4.78 is 0. The van der Waals surface area contributed by atoms with Crippen LogP contribution in [0.3, 0.4) is 0 Å². The summed E-state index contributed by atoms with van der Waals surface area (Å²) in [4.78, 5) is 37.6. The van der Waals surface area contributed by atoms with Gasteiger partial charge in [0.25, 0.3) is 0 Å². The molecule has 4 N–H and O–H groups in total. The number of aliphatic carboxylic acids is 3. The van der Waals surface area contributed by atoms with Crippen LogP contribution in [0.1, 0.15) is 0 Å². The number of carbonyl (C=O) groups is 3. The van der Waals surface area contributed by atoms with E-state index in [4.69, 9.17) is 15.3 Å². The van der Waals surface area contributed by atoms with Crippen molar-refractivity contribution in [3.63, 3.8) is 0 Å². The summed E-state index contributed by atoms with van der Waals surface area (Å²) in [5.41, 5.74) is 0. The van der Waals surface area contributed by atoms with Crippen molar-refractivity contribution in [1.29, 1.82) is 0 Å². The van der Waals surface area contributed by atoms with Gasteiger partial charge in [-0.25, -0.2) is 0 Å². The van der Waals surface area contributed by atoms with E-state index in [-0.39, 0.29) is 19.6 Å². The zero-order valence-corrected chi connectivity index (χ0v) is 13.4. The van der Waals surface area contributed by atoms with E-state index in [1.165, 1.54) is 11.1 Å². The first kappa shape index (κ1) is 19.7. The van der Waals surface area contributed by atoms with Gasteiger partial charge in [-0.3, -0.25) is 19.3 Å². The van der Waals surface area contributed by atoms with Crippen molar-refractivity contribution in [1.82, 2.24) is 20.0 Å². The molecule has 1 heterocycles. The van der Waals surface area contributed by atoms with Crippen LogP contribution in [-0.4, -0.2) is 107 Å². The van der Waals surface area contributed by atoms with Gasteiger partial charge < -0.3 is 30.4 Å². The van der Waals surface area contributed by atoms with Gasteiger partial charge in [0.1, 0.15) is 13.1 Å². The minimum absolute atomic E-state index is 0.114. The fourth-order valence-electron chi connectivity index (χ4n) is 2.26. The third-order valence-corrected chi connectivity index (χ3v) is 3.41. The van der Waals surface area contributed by atoms with Crippen LogP contribution in [0.2, 0.25) is 0 Å². The van der Waals surface area contributed by atoms with Gasteiger partial charge in [-0.05, 0) is 0 Å². The summed E-state index contributed by atoms with van der Waals surface area (Å²) in [5.74, 6) is -2.91. The van der Waals surface area contributed by atoms with Crippen LogP contribution in [0.25, 0.3) is 0 Å². The van der Waals surface area contributed by atoms with E-state index in [1.807, 2.05) is 0 Å². The van der Waals surface area contributed by atoms with Gasteiger partial charge in [0, 0.05) is 51.7 Å². The second kappa shape index (κ2) is 10.4. The predicted octanol–water partition coefficient (Wildman–Crippen LogP) is -1.78. The van der Waals surface area contributed by atoms with E-state index >= 15 is 0 Å². The summed E-state index contributed by atoms with van der Waals surface area (Å²) in [7, 11) is 0. The molecule has 0 fully saturated rings. The minimum atomic E-state index is -1.01. The molecule has 1 aliphatic rings. The van der Waals surface area contributed by atoms with Crippen molar-refractivity contribution in [3.05, 3.63) is 12.4 Å². The molecular formula is C14H24N4O6. The average molecular weight is 344 g/mol. The minimum Gasteiger partial charge on any atom is -0.480 e. The van der Waals surface area contributed by atoms with Crippen molar-refractivity contribution in [2.45, 2.75) is 0 Å². The molecule has 10 nitrogen and oxygen atoms in total. The second-order valence-electron chi connectivity index (χ2n) is 5.45. The Labute approximate surface area is 139 Å². The van der Waals surface area contributed by atoms with E-state index in [0.29, 0.717) is 39.3 Å². The number of rotatable bonds is 6. The van der Waals surface area contributed by atoms with E-state index in [0.717, 1.165) is 0 Å². The van der Waals surface area contributed by atoms with Crippen molar-refractivity contribution in [3.8, 4) is 0 Å². The molecule has 24 heavy (non-hydrogen) atoms. The molecule has 0 aromatic heterocycles. The number of nitrogens with zero attached hydrogens (tertiary/aromatic N) is 3. The lowest BCUT2D eigenvalue weighted by atomic mass is 10.3. The van der Waals surface area contributed by atoms with Gasteiger partial charge in [-0.1, -0.05) is 0 Å². The first-order chi connectivity index (χ1) is 11.4. The second-order valence-corrected chi connectivity index (χ2v) is 5.45. The number of carboxylic acid groups (broad SMARTS) is 3. The largest absolute Gasteiger partial charge is 0.480 e. The normalized spacial score (nSPS) is 19.2. The zero-order chi connectivity index (χ0) is 17.9. The predicted molar refractivity (Wildman–Crippen MR) is 84.5 cm³/mol. The Bertz CT molecular complexity index is 470. The van der Waals surface area contributed by atoms with Crippen molar-refractivity contribution in [2.75, 3.05) is 58.9 Å². The van der Waals surface area contributed by atoms with Crippen LogP contribution in [0, 0.1) is 0 Å². The Morgan fingerprint density at radius 1 is 0.750 bits per heavy atom. The lowest BCUT2D eigenvalue weighted by Gasteiger charge is -2.27. The Balaban J connectivity index is 2.79. The van der Waals surface area contributed by atoms with Crippen LogP contribution in [0.4, 0.5) is 0 Å². The zero-order valence-electron chi connectivity index (χ0n) is 13.4. The fourth-order valence-corrected chi connectivity index (χ4v) is 2.26. The lowest BCUT2D eigenvalue weighted by Crippen LogP contribution is -2.43. The third kappa shape index (κ3) is 8.96. The first-order valence-corrected chi connectivity index (χ1v) is 7.61. The first-order valence-electron chi connectivity index (χ1n) is 7.61. The summed E-state index contributed by atoms with van der Waals surface area (Å²) >= 11 is 0. The van der Waals surface area contributed by atoms with Crippen LogP contribution in [-0.2, 0) is 14.4 Å². The molecule has 0 aromatic rings. The molecule has 0 unspecified atom stereocenters. The SMILES string of the molecule is O=C(O)CN1/C=C\N(CC(=O)O)CCN(CC(=O)O)CCNCC1. The Morgan fingerprint density at radius 2 is 1.25 bits per heavy atom. The molecule has 0 aliphatic carbocycles. The van der Waals surface area contributed by atoms with E-state index < -0.39 is 17.9 Å². The van der Waals surface area contributed by atoms with Crippen LogP contribution >= 0.6 is 0 Å². The highest BCUT2D eigenvalue weighted by molar-refractivity contribution is 5.70. The van der Waals surface area contributed by atoms with Crippen molar-refractivity contribution >= 4 is 17.9 Å². The van der Waals surface area contributed by atoms with Gasteiger partial charge in [0.05, 0.1) is 6.54 Å². The molecule has 0 atom stereocenters. The Kier molecular flexibility index (Phi) is 8.58. The molecule has 0 aromatic carbocycles. The summed E-state index contributed by atoms with van der Waals surface area (Å²) in [6, 6.07) is 0. The molecule has 0 spiro atoms. The molecule has 0 saturated heterocycles. The van der Waals surface area contributed by atoms with Crippen LogP contribution < -0.4 is 5.32 Å². The maximum absolute atomic E-state index is 11.0. The van der Waals surface area contributed by atoms with Gasteiger partial charge in [-0.2, -0.15) is 0 Å². The Morgan fingerprint density at radius 3 is 1.79 bits per heavy atom. The highest BCUT2D eigenvalue weighted by atomic mass is 16.4. The average Bonchev–Trinajstić information content (AvgIpc) is 2.45. The monoisotopic (exact) mass is 344 g/mol. The fraction of sp³-hybridized carbons (Fsp3) is 0.643. The van der Waals surface area contributed by atoms with E-state index in [1.54, 1.807) is 16.0 Å². The summed E-state index contributed by atoms with van der Waals surface area (Å²) in [6.45, 7) is 2.26. The molecular weight excluding hydrogens is 320 g/mol. The number of carboxylic acids is 3. The van der Waals surface area contributed by atoms with E-state index in [2.05, 4.69) is 5.32 Å². The summed E-state index contributed by atoms with van der Waals surface area (Å²) in [6.07, 6.45) is 3.10. The quantitative estimate of drug-likeness (QED) is 0.438. The van der Waals surface area contributed by atoms with Gasteiger partial charge in [0.15, 0.2) is 0 Å². The molecule has 1 rings (SSSR count). The molecule has 0 bridgehead atoms. The van der Waals surface area contributed by atoms with Gasteiger partial charge in [-0.15, -0.1) is 0 Å². The molecule has 1 aliphatic heterocycles. The van der Waals surface area contributed by atoms with E-state index in [9.17, 15) is 14.4 Å². The molecule has 10 heteroatoms. The number of hydrogen-bond donors (Lipinski definition) is 4. The maximum atomic E-state index is 11.0. The summed E-state index contributed by atoms with van der Waals surface area (Å²) in [5, 5.41) is 30.0. The third-order valence-electron chi connectivity index (χ3n) is 3.41. The lowest BCUT2D eigenvalue weighted by molar-refractivity contribution is -0.139. The standard InChI is InChI=1S/C14H24N4O6/c19-12(20)9-16-3-1-15-2-4-17(10-13(21)22)6-8-18(7-5-16)11-14(23)24/h5,7,15H,1-4,6,8-11H2,(H,19,20)(H,21,22)(H,23,24)/b7-5-. The smallest absolute Gasteiger partial charge is 0.323 e. The highest BCUT2D eigenvalue weighted by Crippen LogP contribution is 1.98. The van der Waals surface area contributed by atoms with Crippen molar-refractivity contribution in [2.24, 2.45) is 0 Å². The highest BCUT2D eigenvalue weighted by Gasteiger charge is 2.14. The van der Waals surface area contributed by atoms with Crippen molar-refractivity contribution < 1.29 is 29.7 Å². The van der Waals surface area contributed by atoms with Gasteiger partial charge >= 0.3 is 17.9 Å². The Hall–Kier alpha value is -2.33.